The molecule has 1 N–H and O–H groups in total. The number of aliphatic hydroxyl groups is 1. The molecule has 0 heterocycles. The van der Waals surface area contributed by atoms with Crippen molar-refractivity contribution in [3.8, 4) is 0 Å². The second-order valence-corrected chi connectivity index (χ2v) is 7.40. The molecule has 4 bridgehead atoms. The normalized spacial score (nSPS) is 49.2. The quantitative estimate of drug-likeness (QED) is 0.605. The van der Waals surface area contributed by atoms with Crippen LogP contribution >= 0.6 is 0 Å². The van der Waals surface area contributed by atoms with E-state index in [2.05, 4.69) is 13.5 Å². The Kier molecular flexibility index (Phi) is 2.30. The molecule has 0 spiro atoms. The predicted molar refractivity (Wildman–Crippen MR) is 67.9 cm³/mol. The van der Waals surface area contributed by atoms with Gasteiger partial charge in [-0.25, -0.2) is 4.79 Å². The average molecular weight is 250 g/mol. The van der Waals surface area contributed by atoms with Crippen LogP contribution in [0.2, 0.25) is 0 Å². The second kappa shape index (κ2) is 3.38. The van der Waals surface area contributed by atoms with Crippen LogP contribution in [0.3, 0.4) is 0 Å². The zero-order valence-electron chi connectivity index (χ0n) is 11.3. The maximum Gasteiger partial charge on any atom is 0.333 e. The fourth-order valence-electron chi connectivity index (χ4n) is 5.17. The summed E-state index contributed by atoms with van der Waals surface area (Å²) in [5, 5.41) is 10.7. The third-order valence-corrected chi connectivity index (χ3v) is 4.92. The third kappa shape index (κ3) is 1.80. The van der Waals surface area contributed by atoms with Crippen molar-refractivity contribution in [2.24, 2.45) is 11.3 Å². The van der Waals surface area contributed by atoms with Crippen molar-refractivity contribution in [1.82, 2.24) is 0 Å². The molecule has 0 aromatic heterocycles. The van der Waals surface area contributed by atoms with Crippen LogP contribution in [0.1, 0.15) is 52.4 Å². The molecule has 100 valence electrons. The van der Waals surface area contributed by atoms with Gasteiger partial charge in [0.1, 0.15) is 5.60 Å². The first kappa shape index (κ1) is 12.2. The molecule has 4 saturated carbocycles. The monoisotopic (exact) mass is 250 g/mol. The van der Waals surface area contributed by atoms with E-state index in [0.29, 0.717) is 17.9 Å². The maximum absolute atomic E-state index is 11.8. The number of rotatable bonds is 2. The van der Waals surface area contributed by atoms with Gasteiger partial charge in [-0.15, -0.1) is 0 Å². The molecule has 0 radical (unpaired) electrons. The Balaban J connectivity index is 1.89. The summed E-state index contributed by atoms with van der Waals surface area (Å²) in [6.07, 6.45) is 5.35. The van der Waals surface area contributed by atoms with Gasteiger partial charge in [0.25, 0.3) is 0 Å². The summed E-state index contributed by atoms with van der Waals surface area (Å²) in [5.41, 5.74) is -0.450. The first-order chi connectivity index (χ1) is 8.23. The Morgan fingerprint density at radius 3 is 2.56 bits per heavy atom. The summed E-state index contributed by atoms with van der Waals surface area (Å²) in [6, 6.07) is 0. The second-order valence-electron chi connectivity index (χ2n) is 7.40. The molecule has 4 fully saturated rings. The highest BCUT2D eigenvalue weighted by atomic mass is 16.6. The summed E-state index contributed by atoms with van der Waals surface area (Å²) in [5.74, 6) is 0.207. The topological polar surface area (TPSA) is 46.5 Å². The van der Waals surface area contributed by atoms with E-state index in [1.807, 2.05) is 0 Å². The van der Waals surface area contributed by atoms with E-state index in [0.717, 1.165) is 25.7 Å². The Bertz CT molecular complexity index is 407. The van der Waals surface area contributed by atoms with Gasteiger partial charge >= 0.3 is 5.97 Å². The van der Waals surface area contributed by atoms with E-state index in [9.17, 15) is 9.90 Å². The van der Waals surface area contributed by atoms with Crippen LogP contribution in [0, 0.1) is 11.3 Å². The molecule has 18 heavy (non-hydrogen) atoms. The molecule has 3 heteroatoms. The molecule has 4 unspecified atom stereocenters. The zero-order chi connectivity index (χ0) is 13.2. The van der Waals surface area contributed by atoms with Crippen LogP contribution in [0.15, 0.2) is 12.2 Å². The lowest BCUT2D eigenvalue weighted by molar-refractivity contribution is -0.237. The molecule has 0 amide bonds. The fraction of sp³-hybridized carbons (Fsp3) is 0.800. The van der Waals surface area contributed by atoms with Gasteiger partial charge in [0.05, 0.1) is 5.60 Å². The highest BCUT2D eigenvalue weighted by molar-refractivity contribution is 5.87. The van der Waals surface area contributed by atoms with Crippen molar-refractivity contribution in [2.45, 2.75) is 63.6 Å². The molecule has 4 rings (SSSR count). The first-order valence-electron chi connectivity index (χ1n) is 6.85. The minimum Gasteiger partial charge on any atom is -0.456 e. The van der Waals surface area contributed by atoms with Crippen LogP contribution in [-0.2, 0) is 9.53 Å². The molecule has 4 aliphatic rings. The van der Waals surface area contributed by atoms with Crippen molar-refractivity contribution in [3.05, 3.63) is 12.2 Å². The molecule has 0 aromatic rings. The number of carbonyl (C=O) groups is 1. The van der Waals surface area contributed by atoms with E-state index >= 15 is 0 Å². The number of ether oxygens (including phenoxy) is 1. The highest BCUT2D eigenvalue weighted by Gasteiger charge is 2.63. The van der Waals surface area contributed by atoms with Crippen molar-refractivity contribution in [1.29, 1.82) is 0 Å². The maximum atomic E-state index is 11.8. The largest absolute Gasteiger partial charge is 0.456 e. The summed E-state index contributed by atoms with van der Waals surface area (Å²) in [4.78, 5) is 11.8. The van der Waals surface area contributed by atoms with Crippen LogP contribution in [0.5, 0.6) is 0 Å². The number of hydrogen-bond acceptors (Lipinski definition) is 3. The van der Waals surface area contributed by atoms with Gasteiger partial charge in [0, 0.05) is 12.0 Å². The summed E-state index contributed by atoms with van der Waals surface area (Å²) in [7, 11) is 0. The zero-order valence-corrected chi connectivity index (χ0v) is 11.3. The third-order valence-electron chi connectivity index (χ3n) is 4.92. The fourth-order valence-corrected chi connectivity index (χ4v) is 5.17. The smallest absolute Gasteiger partial charge is 0.333 e. The Hall–Kier alpha value is -0.830. The van der Waals surface area contributed by atoms with Gasteiger partial charge < -0.3 is 9.84 Å². The molecular formula is C15H22O3. The van der Waals surface area contributed by atoms with Gasteiger partial charge in [-0.1, -0.05) is 13.5 Å². The van der Waals surface area contributed by atoms with Crippen LogP contribution in [-0.4, -0.2) is 22.3 Å². The molecule has 4 atom stereocenters. The Morgan fingerprint density at radius 1 is 1.28 bits per heavy atom. The van der Waals surface area contributed by atoms with Crippen molar-refractivity contribution in [3.63, 3.8) is 0 Å². The van der Waals surface area contributed by atoms with Crippen molar-refractivity contribution >= 4 is 5.97 Å². The number of carbonyl (C=O) groups excluding carboxylic acids is 1. The predicted octanol–water partition coefficient (Wildman–Crippen LogP) is 2.58. The van der Waals surface area contributed by atoms with E-state index < -0.39 is 11.2 Å². The molecule has 0 saturated heterocycles. The Morgan fingerprint density at radius 2 is 2.00 bits per heavy atom. The van der Waals surface area contributed by atoms with E-state index in [1.165, 1.54) is 6.42 Å². The minimum atomic E-state index is -0.608. The molecule has 0 aliphatic heterocycles. The number of esters is 1. The van der Waals surface area contributed by atoms with E-state index in [1.54, 1.807) is 6.92 Å². The lowest BCUT2D eigenvalue weighted by atomic mass is 9.47. The van der Waals surface area contributed by atoms with E-state index in [4.69, 9.17) is 4.74 Å². The van der Waals surface area contributed by atoms with Gasteiger partial charge in [-0.3, -0.25) is 0 Å². The molecule has 0 aromatic carbocycles. The highest BCUT2D eigenvalue weighted by Crippen LogP contribution is 2.64. The number of hydrogen-bond donors (Lipinski definition) is 1. The van der Waals surface area contributed by atoms with Gasteiger partial charge in [0.15, 0.2) is 0 Å². The van der Waals surface area contributed by atoms with Crippen molar-refractivity contribution < 1.29 is 14.6 Å². The summed E-state index contributed by atoms with van der Waals surface area (Å²) < 4.78 is 5.74. The van der Waals surface area contributed by atoms with Gasteiger partial charge in [-0.2, -0.15) is 0 Å². The SMILES string of the molecule is C=C(C)C(=O)OC12CC3CC(C)(CC(O)(C3)C1)C2. The van der Waals surface area contributed by atoms with Crippen LogP contribution in [0.4, 0.5) is 0 Å². The molecule has 3 nitrogen and oxygen atoms in total. The average Bonchev–Trinajstić information content (AvgIpc) is 2.09. The van der Waals surface area contributed by atoms with Gasteiger partial charge in [-0.05, 0) is 50.4 Å². The van der Waals surface area contributed by atoms with Gasteiger partial charge in [0.2, 0.25) is 0 Å². The minimum absolute atomic E-state index is 0.142. The Labute approximate surface area is 108 Å². The first-order valence-corrected chi connectivity index (χ1v) is 6.85. The van der Waals surface area contributed by atoms with Crippen LogP contribution in [0.25, 0.3) is 0 Å². The van der Waals surface area contributed by atoms with Crippen LogP contribution < -0.4 is 0 Å². The van der Waals surface area contributed by atoms with E-state index in [-0.39, 0.29) is 11.4 Å². The molecule has 4 aliphatic carbocycles. The lowest BCUT2D eigenvalue weighted by Gasteiger charge is -2.63. The standard InChI is InChI=1S/C15H22O3/c1-10(2)12(16)18-15-6-11-4-13(3,8-15)7-14(17,5-11)9-15/h11,17H,1,4-9H2,2-3H3. The lowest BCUT2D eigenvalue weighted by Crippen LogP contribution is -2.63. The summed E-state index contributed by atoms with van der Waals surface area (Å²) in [6.45, 7) is 7.56. The molecular weight excluding hydrogens is 228 g/mol. The summed E-state index contributed by atoms with van der Waals surface area (Å²) >= 11 is 0. The van der Waals surface area contributed by atoms with Crippen molar-refractivity contribution in [2.75, 3.05) is 0 Å².